The third kappa shape index (κ3) is 5.05. The number of anilines is 1. The zero-order valence-electron chi connectivity index (χ0n) is 12.1. The number of sulfonamides is 1. The summed E-state index contributed by atoms with van der Waals surface area (Å²) in [5.41, 5.74) is 0.186. The van der Waals surface area contributed by atoms with Crippen molar-refractivity contribution in [3.63, 3.8) is 0 Å². The Morgan fingerprint density at radius 2 is 2.00 bits per heavy atom. The van der Waals surface area contributed by atoms with E-state index in [1.165, 1.54) is 6.07 Å². The lowest BCUT2D eigenvalue weighted by atomic mass is 10.2. The molecule has 1 amide bonds. The summed E-state index contributed by atoms with van der Waals surface area (Å²) < 4.78 is 24.8. The van der Waals surface area contributed by atoms with Gasteiger partial charge in [0.15, 0.2) is 0 Å². The lowest BCUT2D eigenvalue weighted by Crippen LogP contribution is -2.43. The van der Waals surface area contributed by atoms with Crippen molar-refractivity contribution in [3.05, 3.63) is 28.2 Å². The van der Waals surface area contributed by atoms with E-state index in [2.05, 4.69) is 5.32 Å². The molecule has 0 saturated carbocycles. The summed E-state index contributed by atoms with van der Waals surface area (Å²) in [6.07, 6.45) is 1.77. The smallest absolute Gasteiger partial charge is 0.240 e. The quantitative estimate of drug-likeness (QED) is 0.855. The fourth-order valence-electron chi connectivity index (χ4n) is 1.62. The normalized spacial score (nSPS) is 12.8. The topological polar surface area (TPSA) is 66.5 Å². The Hall–Kier alpha value is -0.980. The highest BCUT2D eigenvalue weighted by molar-refractivity contribution is 7.92. The number of hydrogen-bond donors (Lipinski definition) is 1. The summed E-state index contributed by atoms with van der Waals surface area (Å²) in [4.78, 5) is 11.9. The lowest BCUT2D eigenvalue weighted by molar-refractivity contribution is -0.120. The molecule has 8 heteroatoms. The van der Waals surface area contributed by atoms with Crippen LogP contribution in [0.5, 0.6) is 0 Å². The number of amides is 1. The van der Waals surface area contributed by atoms with Gasteiger partial charge in [0.2, 0.25) is 15.9 Å². The summed E-state index contributed by atoms with van der Waals surface area (Å²) in [5, 5.41) is 3.04. The maximum atomic E-state index is 11.9. The van der Waals surface area contributed by atoms with Crippen LogP contribution in [-0.2, 0) is 14.8 Å². The molecule has 0 aliphatic carbocycles. The van der Waals surface area contributed by atoms with Gasteiger partial charge in [0.25, 0.3) is 0 Å². The van der Waals surface area contributed by atoms with Crippen molar-refractivity contribution in [1.29, 1.82) is 0 Å². The van der Waals surface area contributed by atoms with E-state index in [0.717, 1.165) is 17.0 Å². The van der Waals surface area contributed by atoms with Crippen LogP contribution in [-0.4, -0.2) is 33.2 Å². The van der Waals surface area contributed by atoms with Crippen molar-refractivity contribution in [3.8, 4) is 0 Å². The number of nitrogens with zero attached hydrogens (tertiary/aromatic N) is 1. The molecule has 0 fully saturated rings. The number of hydrogen-bond acceptors (Lipinski definition) is 3. The average molecular weight is 353 g/mol. The molecule has 1 N–H and O–H groups in total. The predicted octanol–water partition coefficient (Wildman–Crippen LogP) is 2.67. The number of halogens is 2. The van der Waals surface area contributed by atoms with Gasteiger partial charge in [-0.25, -0.2) is 8.42 Å². The highest BCUT2D eigenvalue weighted by atomic mass is 35.5. The SMILES string of the molecule is CC[C@@H](C)NC(=O)CN(c1cccc(Cl)c1Cl)S(C)(=O)=O. The summed E-state index contributed by atoms with van der Waals surface area (Å²) in [6, 6.07) is 4.60. The summed E-state index contributed by atoms with van der Waals surface area (Å²) in [5.74, 6) is -0.397. The zero-order valence-corrected chi connectivity index (χ0v) is 14.4. The van der Waals surface area contributed by atoms with Crippen molar-refractivity contribution >= 4 is 44.8 Å². The Morgan fingerprint density at radius 3 is 2.52 bits per heavy atom. The molecular weight excluding hydrogens is 335 g/mol. The second kappa shape index (κ2) is 7.33. The summed E-state index contributed by atoms with van der Waals surface area (Å²) in [6.45, 7) is 3.42. The van der Waals surface area contributed by atoms with Gasteiger partial charge in [-0.15, -0.1) is 0 Å². The molecule has 1 rings (SSSR count). The molecule has 0 aliphatic rings. The molecular formula is C13H18Cl2N2O3S. The second-order valence-electron chi connectivity index (χ2n) is 4.72. The third-order valence-corrected chi connectivity index (χ3v) is 4.84. The maximum Gasteiger partial charge on any atom is 0.240 e. The molecule has 5 nitrogen and oxygen atoms in total. The molecule has 0 saturated heterocycles. The van der Waals surface area contributed by atoms with E-state index in [1.54, 1.807) is 12.1 Å². The van der Waals surface area contributed by atoms with Gasteiger partial charge >= 0.3 is 0 Å². The second-order valence-corrected chi connectivity index (χ2v) is 7.41. The first-order chi connectivity index (χ1) is 9.66. The highest BCUT2D eigenvalue weighted by Gasteiger charge is 2.24. The monoisotopic (exact) mass is 352 g/mol. The standard InChI is InChI=1S/C13H18Cl2N2O3S/c1-4-9(2)16-12(18)8-17(21(3,19)20)11-7-5-6-10(14)13(11)15/h5-7,9H,4,8H2,1-3H3,(H,16,18)/t9-/m1/s1. The Bertz CT molecular complexity index is 620. The van der Waals surface area contributed by atoms with E-state index in [9.17, 15) is 13.2 Å². The van der Waals surface area contributed by atoms with Crippen molar-refractivity contribution < 1.29 is 13.2 Å². The van der Waals surface area contributed by atoms with E-state index < -0.39 is 15.9 Å². The number of rotatable bonds is 6. The summed E-state index contributed by atoms with van der Waals surface area (Å²) in [7, 11) is -3.67. The lowest BCUT2D eigenvalue weighted by Gasteiger charge is -2.24. The van der Waals surface area contributed by atoms with Crippen molar-refractivity contribution in [2.75, 3.05) is 17.1 Å². The minimum absolute atomic E-state index is 0.0336. The van der Waals surface area contributed by atoms with E-state index in [4.69, 9.17) is 23.2 Å². The van der Waals surface area contributed by atoms with Crippen LogP contribution in [0.4, 0.5) is 5.69 Å². The van der Waals surface area contributed by atoms with Gasteiger partial charge in [0, 0.05) is 6.04 Å². The first-order valence-corrected chi connectivity index (χ1v) is 8.98. The van der Waals surface area contributed by atoms with Crippen LogP contribution in [0.15, 0.2) is 18.2 Å². The van der Waals surface area contributed by atoms with E-state index in [1.807, 2.05) is 13.8 Å². The van der Waals surface area contributed by atoms with Gasteiger partial charge in [-0.3, -0.25) is 9.10 Å². The van der Waals surface area contributed by atoms with E-state index >= 15 is 0 Å². The number of benzene rings is 1. The van der Waals surface area contributed by atoms with Crippen LogP contribution in [0.25, 0.3) is 0 Å². The molecule has 21 heavy (non-hydrogen) atoms. The Morgan fingerprint density at radius 1 is 1.38 bits per heavy atom. The molecule has 1 aromatic rings. The maximum absolute atomic E-state index is 11.9. The molecule has 0 radical (unpaired) electrons. The first kappa shape index (κ1) is 18.1. The molecule has 0 heterocycles. The van der Waals surface area contributed by atoms with Crippen LogP contribution in [0.2, 0.25) is 10.0 Å². The van der Waals surface area contributed by atoms with Gasteiger partial charge in [0.05, 0.1) is 22.0 Å². The van der Waals surface area contributed by atoms with E-state index in [-0.39, 0.29) is 28.3 Å². The molecule has 0 unspecified atom stereocenters. The molecule has 1 atom stereocenters. The van der Waals surface area contributed by atoms with Gasteiger partial charge in [0.1, 0.15) is 6.54 Å². The highest BCUT2D eigenvalue weighted by Crippen LogP contribution is 2.33. The predicted molar refractivity (Wildman–Crippen MR) is 86.5 cm³/mol. The van der Waals surface area contributed by atoms with Crippen LogP contribution in [0.3, 0.4) is 0 Å². The minimum Gasteiger partial charge on any atom is -0.352 e. The van der Waals surface area contributed by atoms with Gasteiger partial charge in [-0.1, -0.05) is 36.2 Å². The fourth-order valence-corrected chi connectivity index (χ4v) is 2.93. The van der Waals surface area contributed by atoms with Gasteiger partial charge in [-0.2, -0.15) is 0 Å². The minimum atomic E-state index is -3.67. The Labute approximate surface area is 135 Å². The fraction of sp³-hybridized carbons (Fsp3) is 0.462. The van der Waals surface area contributed by atoms with Gasteiger partial charge in [-0.05, 0) is 25.5 Å². The Balaban J connectivity index is 3.09. The molecule has 118 valence electrons. The zero-order chi connectivity index (χ0) is 16.2. The Kier molecular flexibility index (Phi) is 6.31. The van der Waals surface area contributed by atoms with Crippen molar-refractivity contribution in [2.45, 2.75) is 26.3 Å². The number of carbonyl (C=O) groups excluding carboxylic acids is 1. The third-order valence-electron chi connectivity index (χ3n) is 2.91. The molecule has 1 aromatic carbocycles. The summed E-state index contributed by atoms with van der Waals surface area (Å²) >= 11 is 11.9. The molecule has 0 bridgehead atoms. The number of nitrogens with one attached hydrogen (secondary N) is 1. The molecule has 0 aliphatic heterocycles. The van der Waals surface area contributed by atoms with Crippen LogP contribution >= 0.6 is 23.2 Å². The van der Waals surface area contributed by atoms with Crippen molar-refractivity contribution in [2.24, 2.45) is 0 Å². The van der Waals surface area contributed by atoms with Crippen LogP contribution in [0, 0.1) is 0 Å². The average Bonchev–Trinajstić information content (AvgIpc) is 2.38. The largest absolute Gasteiger partial charge is 0.352 e. The van der Waals surface area contributed by atoms with Crippen LogP contribution in [0.1, 0.15) is 20.3 Å². The molecule has 0 spiro atoms. The molecule has 0 aromatic heterocycles. The van der Waals surface area contributed by atoms with Crippen molar-refractivity contribution in [1.82, 2.24) is 5.32 Å². The van der Waals surface area contributed by atoms with Gasteiger partial charge < -0.3 is 5.32 Å². The number of carbonyl (C=O) groups is 1. The van der Waals surface area contributed by atoms with E-state index in [0.29, 0.717) is 0 Å². The van der Waals surface area contributed by atoms with Crippen LogP contribution < -0.4 is 9.62 Å². The first-order valence-electron chi connectivity index (χ1n) is 6.38.